The Morgan fingerprint density at radius 3 is 2.71 bits per heavy atom. The quantitative estimate of drug-likeness (QED) is 0.559. The van der Waals surface area contributed by atoms with Gasteiger partial charge in [-0.05, 0) is 61.1 Å². The molecular weight excluding hydrogens is 392 g/mol. The lowest BCUT2D eigenvalue weighted by Gasteiger charge is -2.15. The van der Waals surface area contributed by atoms with Gasteiger partial charge >= 0.3 is 5.97 Å². The molecule has 2 aromatic heterocycles. The molecule has 0 radical (unpaired) electrons. The molecule has 0 fully saturated rings. The molecule has 6 nitrogen and oxygen atoms in total. The van der Waals surface area contributed by atoms with Crippen molar-refractivity contribution in [1.82, 2.24) is 10.3 Å². The fourth-order valence-electron chi connectivity index (χ4n) is 4.02. The second kappa shape index (κ2) is 9.16. The van der Waals surface area contributed by atoms with E-state index in [9.17, 15) is 9.59 Å². The highest BCUT2D eigenvalue weighted by molar-refractivity contribution is 6.07. The zero-order valence-corrected chi connectivity index (χ0v) is 17.8. The first-order valence-electron chi connectivity index (χ1n) is 10.7. The monoisotopic (exact) mass is 418 g/mol. The second-order valence-electron chi connectivity index (χ2n) is 7.67. The minimum Gasteiger partial charge on any atom is -0.465 e. The van der Waals surface area contributed by atoms with Crippen LogP contribution < -0.4 is 5.32 Å². The summed E-state index contributed by atoms with van der Waals surface area (Å²) in [5.41, 5.74) is 3.90. The number of ether oxygens (including phenoxy) is 1. The van der Waals surface area contributed by atoms with Crippen molar-refractivity contribution in [2.45, 2.75) is 45.6 Å². The minimum absolute atomic E-state index is 0.0894. The number of hydrogen-bond acceptors (Lipinski definition) is 5. The van der Waals surface area contributed by atoms with Crippen LogP contribution in [0.1, 0.15) is 60.5 Å². The Kier molecular flexibility index (Phi) is 6.16. The molecule has 1 N–H and O–H groups in total. The van der Waals surface area contributed by atoms with Crippen molar-refractivity contribution in [3.63, 3.8) is 0 Å². The predicted molar refractivity (Wildman–Crippen MR) is 119 cm³/mol. The molecule has 4 rings (SSSR count). The number of carbonyl (C=O) groups excluding carboxylic acids is 2. The maximum Gasteiger partial charge on any atom is 0.339 e. The minimum atomic E-state index is -0.492. The van der Waals surface area contributed by atoms with E-state index in [0.717, 1.165) is 52.8 Å². The van der Waals surface area contributed by atoms with Crippen LogP contribution in [0.2, 0.25) is 0 Å². The highest BCUT2D eigenvalue weighted by Crippen LogP contribution is 2.37. The van der Waals surface area contributed by atoms with Crippen molar-refractivity contribution < 1.29 is 18.7 Å². The lowest BCUT2D eigenvalue weighted by molar-refractivity contribution is -0.125. The molecule has 1 amide bonds. The number of fused-ring (bicyclic) bond motifs is 2. The number of nitrogens with zero attached hydrogens (tertiary/aromatic N) is 1. The molecule has 0 spiro atoms. The van der Waals surface area contributed by atoms with E-state index in [1.807, 2.05) is 56.3 Å². The van der Waals surface area contributed by atoms with Gasteiger partial charge in [0.1, 0.15) is 5.76 Å². The number of pyridine rings is 1. The number of para-hydroxylation sites is 1. The standard InChI is InChI=1S/C25H26N2O4/c1-3-17(4-2)26-22(28)15-31-25(29)23-19-9-5-6-10-21(19)27-24-16(11-12-20(23)24)14-18-8-7-13-30-18/h5-10,13-14,17H,3-4,11-12,15H2,1-2H3,(H,26,28)/b16-14+. The number of aromatic nitrogens is 1. The lowest BCUT2D eigenvalue weighted by Crippen LogP contribution is -2.37. The first-order valence-corrected chi connectivity index (χ1v) is 10.7. The van der Waals surface area contributed by atoms with Crippen LogP contribution in [-0.2, 0) is 16.0 Å². The molecule has 3 aromatic rings. The third-order valence-corrected chi connectivity index (χ3v) is 5.69. The van der Waals surface area contributed by atoms with Gasteiger partial charge in [-0.2, -0.15) is 0 Å². The Hall–Kier alpha value is -3.41. The van der Waals surface area contributed by atoms with Crippen LogP contribution in [0, 0.1) is 0 Å². The molecule has 0 aliphatic heterocycles. The van der Waals surface area contributed by atoms with Gasteiger partial charge in [0.2, 0.25) is 0 Å². The van der Waals surface area contributed by atoms with Crippen LogP contribution in [0.15, 0.2) is 47.1 Å². The fourth-order valence-corrected chi connectivity index (χ4v) is 4.02. The number of carbonyl (C=O) groups is 2. The molecule has 0 unspecified atom stereocenters. The van der Waals surface area contributed by atoms with Crippen LogP contribution in [0.3, 0.4) is 0 Å². The largest absolute Gasteiger partial charge is 0.465 e. The number of hydrogen-bond donors (Lipinski definition) is 1. The first kappa shape index (κ1) is 20.8. The number of esters is 1. The van der Waals surface area contributed by atoms with E-state index in [1.165, 1.54) is 0 Å². The normalized spacial score (nSPS) is 14.2. The van der Waals surface area contributed by atoms with Crippen LogP contribution in [0.4, 0.5) is 0 Å². The number of rotatable bonds is 7. The third-order valence-electron chi connectivity index (χ3n) is 5.69. The predicted octanol–water partition coefficient (Wildman–Crippen LogP) is 4.78. The third kappa shape index (κ3) is 4.38. The summed E-state index contributed by atoms with van der Waals surface area (Å²) in [5, 5.41) is 3.64. The van der Waals surface area contributed by atoms with E-state index in [0.29, 0.717) is 12.0 Å². The number of allylic oxidation sites excluding steroid dienone is 1. The van der Waals surface area contributed by atoms with Gasteiger partial charge in [-0.1, -0.05) is 32.0 Å². The summed E-state index contributed by atoms with van der Waals surface area (Å²) in [6.07, 6.45) is 6.71. The topological polar surface area (TPSA) is 81.4 Å². The van der Waals surface area contributed by atoms with Gasteiger partial charge in [0.25, 0.3) is 5.91 Å². The smallest absolute Gasteiger partial charge is 0.339 e. The Balaban J connectivity index is 1.65. The molecule has 2 heterocycles. The van der Waals surface area contributed by atoms with E-state index in [-0.39, 0.29) is 18.6 Å². The summed E-state index contributed by atoms with van der Waals surface area (Å²) < 4.78 is 10.9. The Bertz CT molecular complexity index is 1130. The van der Waals surface area contributed by atoms with Gasteiger partial charge in [0, 0.05) is 11.4 Å². The summed E-state index contributed by atoms with van der Waals surface area (Å²) >= 11 is 0. The van der Waals surface area contributed by atoms with E-state index in [1.54, 1.807) is 6.26 Å². The number of furan rings is 1. The molecule has 0 saturated carbocycles. The maximum absolute atomic E-state index is 13.1. The summed E-state index contributed by atoms with van der Waals surface area (Å²) in [5.74, 6) is -0.0238. The molecule has 160 valence electrons. The molecule has 0 bridgehead atoms. The zero-order chi connectivity index (χ0) is 21.8. The van der Waals surface area contributed by atoms with Crippen molar-refractivity contribution in [3.8, 4) is 0 Å². The van der Waals surface area contributed by atoms with Crippen molar-refractivity contribution >= 4 is 34.4 Å². The van der Waals surface area contributed by atoms with E-state index in [2.05, 4.69) is 5.32 Å². The molecule has 0 saturated heterocycles. The average molecular weight is 418 g/mol. The number of benzene rings is 1. The summed E-state index contributed by atoms with van der Waals surface area (Å²) in [4.78, 5) is 30.1. The second-order valence-corrected chi connectivity index (χ2v) is 7.67. The Labute approximate surface area is 181 Å². The molecule has 1 aliphatic carbocycles. The van der Waals surface area contributed by atoms with E-state index in [4.69, 9.17) is 14.1 Å². The molecule has 1 aromatic carbocycles. The Morgan fingerprint density at radius 1 is 1.16 bits per heavy atom. The van der Waals surface area contributed by atoms with E-state index < -0.39 is 5.97 Å². The molecular formula is C25H26N2O4. The summed E-state index contributed by atoms with van der Waals surface area (Å²) in [6, 6.07) is 11.3. The number of nitrogens with one attached hydrogen (secondary N) is 1. The highest BCUT2D eigenvalue weighted by atomic mass is 16.5. The van der Waals surface area contributed by atoms with Crippen LogP contribution in [0.5, 0.6) is 0 Å². The fraction of sp³-hybridized carbons (Fsp3) is 0.320. The molecule has 1 aliphatic rings. The van der Waals surface area contributed by atoms with Crippen LogP contribution in [0.25, 0.3) is 22.6 Å². The average Bonchev–Trinajstić information content (AvgIpc) is 3.44. The van der Waals surface area contributed by atoms with Crippen molar-refractivity contribution in [2.24, 2.45) is 0 Å². The number of amides is 1. The van der Waals surface area contributed by atoms with Crippen LogP contribution in [-0.4, -0.2) is 29.5 Å². The Morgan fingerprint density at radius 2 is 1.97 bits per heavy atom. The summed E-state index contributed by atoms with van der Waals surface area (Å²) in [7, 11) is 0. The van der Waals surface area contributed by atoms with Gasteiger partial charge < -0.3 is 14.5 Å². The van der Waals surface area contributed by atoms with Gasteiger partial charge in [-0.25, -0.2) is 9.78 Å². The van der Waals surface area contributed by atoms with Crippen LogP contribution >= 0.6 is 0 Å². The molecule has 6 heteroatoms. The summed E-state index contributed by atoms with van der Waals surface area (Å²) in [6.45, 7) is 3.73. The SMILES string of the molecule is CCC(CC)NC(=O)COC(=O)c1c2c(nc3ccccc13)/C(=C/c1ccco1)CC2. The van der Waals surface area contributed by atoms with Gasteiger partial charge in [0.05, 0.1) is 23.0 Å². The molecule has 31 heavy (non-hydrogen) atoms. The first-order chi connectivity index (χ1) is 15.1. The van der Waals surface area contributed by atoms with Crippen molar-refractivity contribution in [3.05, 3.63) is 65.2 Å². The van der Waals surface area contributed by atoms with E-state index >= 15 is 0 Å². The highest BCUT2D eigenvalue weighted by Gasteiger charge is 2.28. The van der Waals surface area contributed by atoms with Gasteiger partial charge in [0.15, 0.2) is 6.61 Å². The lowest BCUT2D eigenvalue weighted by atomic mass is 10.0. The van der Waals surface area contributed by atoms with Gasteiger partial charge in [-0.3, -0.25) is 4.79 Å². The van der Waals surface area contributed by atoms with Crippen molar-refractivity contribution in [1.29, 1.82) is 0 Å². The van der Waals surface area contributed by atoms with Gasteiger partial charge in [-0.15, -0.1) is 0 Å². The molecule has 0 atom stereocenters. The zero-order valence-electron chi connectivity index (χ0n) is 17.8. The maximum atomic E-state index is 13.1. The van der Waals surface area contributed by atoms with Crippen molar-refractivity contribution in [2.75, 3.05) is 6.61 Å².